The van der Waals surface area contributed by atoms with Crippen LogP contribution in [0.15, 0.2) is 0 Å². The predicted octanol–water partition coefficient (Wildman–Crippen LogP) is -2.85. The van der Waals surface area contributed by atoms with Crippen molar-refractivity contribution in [3.05, 3.63) is 0 Å². The number of nitrogens with one attached hydrogen (secondary N) is 2. The molecule has 2 atom stereocenters. The van der Waals surface area contributed by atoms with Crippen LogP contribution in [-0.2, 0) is 18.2 Å². The first kappa shape index (κ1) is 28.1. The fraction of sp³-hybridized carbons (Fsp3) is 1.00. The molecule has 0 radical (unpaired) electrons. The molecule has 13 heteroatoms. The quantitative estimate of drug-likeness (QED) is 0.232. The van der Waals surface area contributed by atoms with Gasteiger partial charge in [-0.15, -0.1) is 0 Å². The maximum atomic E-state index is 12.0. The van der Waals surface area contributed by atoms with Crippen molar-refractivity contribution < 1.29 is 57.5 Å². The van der Waals surface area contributed by atoms with Crippen LogP contribution in [0, 0.1) is 0 Å². The van der Waals surface area contributed by atoms with Crippen LogP contribution in [0.2, 0.25) is 0 Å². The minimum Gasteiger partial charge on any atom is -0.323 e. The second kappa shape index (κ2) is 15.0. The molecule has 0 bridgehead atoms. The van der Waals surface area contributed by atoms with Gasteiger partial charge in [0.15, 0.2) is 0 Å². The monoisotopic (exact) mass is 439 g/mol. The van der Waals surface area contributed by atoms with Gasteiger partial charge in [-0.05, 0) is 13.8 Å². The number of hydrogen-bond acceptors (Lipinski definition) is 8. The second-order valence-electron chi connectivity index (χ2n) is 6.13. The summed E-state index contributed by atoms with van der Waals surface area (Å²) in [6.45, 7) is 8.93. The van der Waals surface area contributed by atoms with Crippen molar-refractivity contribution >= 4 is 15.2 Å². The molecule has 0 aliphatic carbocycles. The second-order valence-corrected chi connectivity index (χ2v) is 9.76. The molecule has 1 rings (SSSR count). The molecule has 0 amide bonds. The molecule has 156 valence electrons. The van der Waals surface area contributed by atoms with Crippen molar-refractivity contribution in [1.82, 2.24) is 20.4 Å². The van der Waals surface area contributed by atoms with Gasteiger partial charge >= 0.3 is 44.7 Å². The van der Waals surface area contributed by atoms with E-state index >= 15 is 0 Å². The molecule has 0 saturated carbocycles. The number of nitrogens with zero attached hydrogens (tertiary/aromatic N) is 2. The summed E-state index contributed by atoms with van der Waals surface area (Å²) in [6.07, 6.45) is 0.0246. The first-order valence-electron chi connectivity index (χ1n) is 9.07. The van der Waals surface area contributed by atoms with E-state index in [1.807, 2.05) is 9.80 Å². The van der Waals surface area contributed by atoms with Gasteiger partial charge in [-0.2, -0.15) is 0 Å². The topological polar surface area (TPSA) is 124 Å². The Morgan fingerprint density at radius 1 is 0.778 bits per heavy atom. The largest absolute Gasteiger partial charge is 1.00 e. The Kier molecular flexibility index (Phi) is 15.7. The molecule has 1 aliphatic heterocycles. The summed E-state index contributed by atoms with van der Waals surface area (Å²) in [5, 5.41) is 6.54. The zero-order valence-electron chi connectivity index (χ0n) is 16.8. The van der Waals surface area contributed by atoms with Crippen molar-refractivity contribution in [1.29, 1.82) is 0 Å². The van der Waals surface area contributed by atoms with Crippen LogP contribution in [0.3, 0.4) is 0 Å². The average Bonchev–Trinajstić information content (AvgIpc) is 2.51. The molecule has 27 heavy (non-hydrogen) atoms. The summed E-state index contributed by atoms with van der Waals surface area (Å²) >= 11 is 0. The summed E-state index contributed by atoms with van der Waals surface area (Å²) in [7, 11) is -7.18. The van der Waals surface area contributed by atoms with E-state index in [9.17, 15) is 18.9 Å². The van der Waals surface area contributed by atoms with Crippen LogP contribution in [-0.4, -0.2) is 97.7 Å². The Morgan fingerprint density at radius 2 is 1.07 bits per heavy atom. The summed E-state index contributed by atoms with van der Waals surface area (Å²) in [6, 6.07) is 0. The predicted molar refractivity (Wildman–Crippen MR) is 102 cm³/mol. The molecule has 1 saturated heterocycles. The van der Waals surface area contributed by atoms with E-state index in [-0.39, 0.29) is 55.3 Å². The van der Waals surface area contributed by atoms with Crippen LogP contribution in [0.25, 0.3) is 0 Å². The maximum absolute atomic E-state index is 12.0. The third-order valence-corrected chi connectivity index (χ3v) is 6.68. The van der Waals surface area contributed by atoms with Gasteiger partial charge in [0.25, 0.3) is 0 Å². The van der Waals surface area contributed by atoms with Crippen LogP contribution in [0.5, 0.6) is 0 Å². The molecular weight excluding hydrogens is 405 g/mol. The van der Waals surface area contributed by atoms with Gasteiger partial charge in [0.2, 0.25) is 0 Å². The van der Waals surface area contributed by atoms with Gasteiger partial charge in [0.1, 0.15) is 12.6 Å². The summed E-state index contributed by atoms with van der Waals surface area (Å²) in [5.41, 5.74) is 0. The molecule has 0 aromatic heterocycles. The van der Waals surface area contributed by atoms with E-state index < -0.39 is 15.2 Å². The van der Waals surface area contributed by atoms with Gasteiger partial charge < -0.3 is 29.5 Å². The van der Waals surface area contributed by atoms with Crippen molar-refractivity contribution in [3.8, 4) is 0 Å². The first-order valence-corrected chi connectivity index (χ1v) is 12.6. The van der Waals surface area contributed by atoms with Gasteiger partial charge in [0.05, 0.1) is 13.2 Å². The van der Waals surface area contributed by atoms with E-state index in [2.05, 4.69) is 10.6 Å². The smallest absolute Gasteiger partial charge is 0.323 e. The molecule has 0 aromatic carbocycles. The Bertz CT molecular complexity index is 437. The maximum Gasteiger partial charge on any atom is 1.00 e. The third kappa shape index (κ3) is 13.9. The molecule has 1 fully saturated rings. The zero-order chi connectivity index (χ0) is 19.5. The minimum absolute atomic E-state index is 0. The van der Waals surface area contributed by atoms with Crippen molar-refractivity contribution in [2.24, 2.45) is 0 Å². The summed E-state index contributed by atoms with van der Waals surface area (Å²) < 4.78 is 33.8. The van der Waals surface area contributed by atoms with Crippen molar-refractivity contribution in [3.63, 3.8) is 0 Å². The number of rotatable bonds is 8. The number of hydrogen-bond donors (Lipinski definition) is 4. The molecule has 1 heterocycles. The van der Waals surface area contributed by atoms with Crippen molar-refractivity contribution in [2.45, 2.75) is 13.8 Å². The molecule has 4 N–H and O–H groups in total. The molecule has 1 aliphatic rings. The Balaban J connectivity index is 0.00000676. The average molecular weight is 439 g/mol. The van der Waals surface area contributed by atoms with Gasteiger partial charge in [-0.3, -0.25) is 18.9 Å². The van der Waals surface area contributed by atoms with E-state index in [1.54, 1.807) is 13.8 Å². The van der Waals surface area contributed by atoms with Crippen molar-refractivity contribution in [2.75, 3.05) is 78.1 Å². The molecule has 10 nitrogen and oxygen atoms in total. The first-order chi connectivity index (χ1) is 12.3. The van der Waals surface area contributed by atoms with Gasteiger partial charge in [-0.1, -0.05) is 0 Å². The summed E-state index contributed by atoms with van der Waals surface area (Å²) in [5.74, 6) is 0. The van der Waals surface area contributed by atoms with E-state index in [0.29, 0.717) is 52.4 Å². The Hall–Kier alpha value is 1.14. The molecule has 2 unspecified atom stereocenters. The van der Waals surface area contributed by atoms with Crippen LogP contribution >= 0.6 is 15.2 Å². The molecular formula is C14H34N4NaO6P2+. The van der Waals surface area contributed by atoms with E-state index in [0.717, 1.165) is 0 Å². The molecule has 0 spiro atoms. The summed E-state index contributed by atoms with van der Waals surface area (Å²) in [4.78, 5) is 23.5. The minimum atomic E-state index is -3.59. The van der Waals surface area contributed by atoms with E-state index in [1.165, 1.54) is 0 Å². The SMILES string of the molecule is CCOP(=O)(O)CN1CCNCCN(CP(=O)(O)OCC)CCNCC1.[Na+]. The van der Waals surface area contributed by atoms with E-state index in [4.69, 9.17) is 9.05 Å². The fourth-order valence-electron chi connectivity index (χ4n) is 2.70. The Morgan fingerprint density at radius 3 is 1.33 bits per heavy atom. The van der Waals surface area contributed by atoms with Crippen LogP contribution in [0.4, 0.5) is 0 Å². The fourth-order valence-corrected chi connectivity index (χ4v) is 5.24. The molecule has 0 aromatic rings. The standard InChI is InChI=1S/C14H34N4O6P2.Na/c1-3-23-25(19,20)13-17-9-5-15-7-11-18(12-8-16-6-10-17)14-26(21,22)24-4-2;/h15-16H,3-14H2,1-2H3,(H,19,20)(H,21,22);/q;+1. The van der Waals surface area contributed by atoms with Crippen LogP contribution < -0.4 is 40.2 Å². The Labute approximate surface area is 184 Å². The normalized spacial score (nSPS) is 23.3. The van der Waals surface area contributed by atoms with Crippen LogP contribution in [0.1, 0.15) is 13.8 Å². The van der Waals surface area contributed by atoms with Gasteiger partial charge in [-0.25, -0.2) is 0 Å². The zero-order valence-corrected chi connectivity index (χ0v) is 20.6. The van der Waals surface area contributed by atoms with Gasteiger partial charge in [0, 0.05) is 52.4 Å². The third-order valence-electron chi connectivity index (χ3n) is 3.84.